The highest BCUT2D eigenvalue weighted by molar-refractivity contribution is 7.80. The molecular weight excluding hydrogens is 388 g/mol. The van der Waals surface area contributed by atoms with Crippen LogP contribution < -0.4 is 21.5 Å². The van der Waals surface area contributed by atoms with Crippen LogP contribution in [0, 0.1) is 20.8 Å². The lowest BCUT2D eigenvalue weighted by molar-refractivity contribution is -0.124. The molecule has 0 fully saturated rings. The molecule has 0 saturated heterocycles. The SMILES string of the molecule is Cc1ccc(C(=O)NC(=S)NNC(=O)CCC(=O)Nc2ccc(C)cc2C)cc1. The second-order valence-corrected chi connectivity index (χ2v) is 7.10. The van der Waals surface area contributed by atoms with Crippen molar-refractivity contribution in [2.45, 2.75) is 33.6 Å². The van der Waals surface area contributed by atoms with Gasteiger partial charge in [-0.25, -0.2) is 0 Å². The first kappa shape index (κ1) is 22.0. The maximum absolute atomic E-state index is 12.0. The van der Waals surface area contributed by atoms with Gasteiger partial charge in [0, 0.05) is 24.1 Å². The molecule has 0 radical (unpaired) electrons. The van der Waals surface area contributed by atoms with Crippen molar-refractivity contribution in [3.05, 3.63) is 64.7 Å². The Balaban J connectivity index is 1.70. The molecule has 0 aliphatic carbocycles. The minimum absolute atomic E-state index is 0.0172. The summed E-state index contributed by atoms with van der Waals surface area (Å²) in [4.78, 5) is 36.0. The van der Waals surface area contributed by atoms with Gasteiger partial charge in [0.05, 0.1) is 0 Å². The van der Waals surface area contributed by atoms with Gasteiger partial charge in [0.25, 0.3) is 5.91 Å². The first-order valence-corrected chi connectivity index (χ1v) is 9.49. The second-order valence-electron chi connectivity index (χ2n) is 6.69. The van der Waals surface area contributed by atoms with Crippen LogP contribution in [0.5, 0.6) is 0 Å². The van der Waals surface area contributed by atoms with Crippen molar-refractivity contribution >= 4 is 40.7 Å². The molecule has 0 atom stereocenters. The summed E-state index contributed by atoms with van der Waals surface area (Å²) in [6.07, 6.45) is -0.0123. The second kappa shape index (κ2) is 10.3. The molecule has 152 valence electrons. The molecule has 0 bridgehead atoms. The van der Waals surface area contributed by atoms with Gasteiger partial charge in [0.15, 0.2) is 5.11 Å². The predicted molar refractivity (Wildman–Crippen MR) is 116 cm³/mol. The number of hydrogen-bond donors (Lipinski definition) is 4. The predicted octanol–water partition coefficient (Wildman–Crippen LogP) is 2.67. The minimum Gasteiger partial charge on any atom is -0.326 e. The molecular formula is C21H24N4O3S. The fourth-order valence-corrected chi connectivity index (χ4v) is 2.64. The molecule has 4 N–H and O–H groups in total. The summed E-state index contributed by atoms with van der Waals surface area (Å²) < 4.78 is 0. The number of carbonyl (C=O) groups is 3. The van der Waals surface area contributed by atoms with E-state index >= 15 is 0 Å². The lowest BCUT2D eigenvalue weighted by Gasteiger charge is -2.11. The molecule has 3 amide bonds. The van der Waals surface area contributed by atoms with Crippen molar-refractivity contribution in [1.29, 1.82) is 0 Å². The molecule has 0 aliphatic rings. The van der Waals surface area contributed by atoms with Gasteiger partial charge in [-0.05, 0) is 56.8 Å². The quantitative estimate of drug-likeness (QED) is 0.447. The highest BCUT2D eigenvalue weighted by atomic mass is 32.1. The summed E-state index contributed by atoms with van der Waals surface area (Å²) in [5.74, 6) is -1.07. The average molecular weight is 413 g/mol. The van der Waals surface area contributed by atoms with Gasteiger partial charge in [-0.15, -0.1) is 0 Å². The van der Waals surface area contributed by atoms with E-state index in [4.69, 9.17) is 12.2 Å². The van der Waals surface area contributed by atoms with Crippen LogP contribution in [0.1, 0.15) is 39.9 Å². The fourth-order valence-electron chi connectivity index (χ4n) is 2.49. The number of anilines is 1. The number of hydrogen-bond acceptors (Lipinski definition) is 4. The number of aryl methyl sites for hydroxylation is 3. The first-order chi connectivity index (χ1) is 13.7. The molecule has 0 aromatic heterocycles. The van der Waals surface area contributed by atoms with Gasteiger partial charge in [-0.2, -0.15) is 0 Å². The molecule has 0 heterocycles. The van der Waals surface area contributed by atoms with Crippen LogP contribution in [-0.4, -0.2) is 22.8 Å². The first-order valence-electron chi connectivity index (χ1n) is 9.08. The maximum atomic E-state index is 12.0. The third-order valence-electron chi connectivity index (χ3n) is 4.09. The number of hydrazine groups is 1. The molecule has 0 aliphatic heterocycles. The third kappa shape index (κ3) is 7.34. The van der Waals surface area contributed by atoms with Crippen LogP contribution in [0.15, 0.2) is 42.5 Å². The summed E-state index contributed by atoms with van der Waals surface area (Å²) in [5.41, 5.74) is 9.09. The minimum atomic E-state index is -0.423. The summed E-state index contributed by atoms with van der Waals surface area (Å²) in [5, 5.41) is 5.21. The molecule has 0 saturated carbocycles. The molecule has 2 rings (SSSR count). The van der Waals surface area contributed by atoms with Crippen molar-refractivity contribution in [1.82, 2.24) is 16.2 Å². The lowest BCUT2D eigenvalue weighted by Crippen LogP contribution is -2.48. The summed E-state index contributed by atoms with van der Waals surface area (Å²) in [6, 6.07) is 12.7. The van der Waals surface area contributed by atoms with Crippen LogP contribution in [0.25, 0.3) is 0 Å². The Kier molecular flexibility index (Phi) is 7.85. The zero-order valence-corrected chi connectivity index (χ0v) is 17.4. The normalized spacial score (nSPS) is 10.0. The Morgan fingerprint density at radius 2 is 1.45 bits per heavy atom. The third-order valence-corrected chi connectivity index (χ3v) is 4.30. The van der Waals surface area contributed by atoms with Crippen molar-refractivity contribution in [3.63, 3.8) is 0 Å². The van der Waals surface area contributed by atoms with Crippen molar-refractivity contribution in [3.8, 4) is 0 Å². The Morgan fingerprint density at radius 3 is 2.10 bits per heavy atom. The average Bonchev–Trinajstić information content (AvgIpc) is 2.67. The monoisotopic (exact) mass is 412 g/mol. The van der Waals surface area contributed by atoms with E-state index in [0.29, 0.717) is 5.56 Å². The highest BCUT2D eigenvalue weighted by Crippen LogP contribution is 2.16. The van der Waals surface area contributed by atoms with E-state index < -0.39 is 5.91 Å². The lowest BCUT2D eigenvalue weighted by atomic mass is 10.1. The van der Waals surface area contributed by atoms with Gasteiger partial charge in [-0.1, -0.05) is 35.4 Å². The zero-order chi connectivity index (χ0) is 21.4. The Bertz CT molecular complexity index is 926. The number of rotatable bonds is 5. The Morgan fingerprint density at radius 1 is 0.828 bits per heavy atom. The van der Waals surface area contributed by atoms with E-state index in [1.807, 2.05) is 51.1 Å². The van der Waals surface area contributed by atoms with Gasteiger partial charge in [0.2, 0.25) is 11.8 Å². The number of carbonyl (C=O) groups excluding carboxylic acids is 3. The number of nitrogens with one attached hydrogen (secondary N) is 4. The molecule has 0 unspecified atom stereocenters. The molecule has 2 aromatic rings. The molecule has 2 aromatic carbocycles. The summed E-state index contributed by atoms with van der Waals surface area (Å²) in [6.45, 7) is 5.81. The van der Waals surface area contributed by atoms with Gasteiger partial charge < -0.3 is 5.32 Å². The van der Waals surface area contributed by atoms with Crippen LogP contribution in [-0.2, 0) is 9.59 Å². The number of amides is 3. The van der Waals surface area contributed by atoms with Gasteiger partial charge in [0.1, 0.15) is 0 Å². The number of thiocarbonyl (C=S) groups is 1. The highest BCUT2D eigenvalue weighted by Gasteiger charge is 2.10. The molecule has 8 heteroatoms. The zero-order valence-electron chi connectivity index (χ0n) is 16.6. The van der Waals surface area contributed by atoms with E-state index in [1.54, 1.807) is 12.1 Å². The molecule has 29 heavy (non-hydrogen) atoms. The molecule has 0 spiro atoms. The Labute approximate surface area is 175 Å². The fraction of sp³-hybridized carbons (Fsp3) is 0.238. The largest absolute Gasteiger partial charge is 0.326 e. The van der Waals surface area contributed by atoms with Gasteiger partial charge >= 0.3 is 0 Å². The van der Waals surface area contributed by atoms with Crippen LogP contribution >= 0.6 is 12.2 Å². The van der Waals surface area contributed by atoms with E-state index in [9.17, 15) is 14.4 Å². The standard InChI is InChI=1S/C21H24N4O3S/c1-13-4-7-16(8-5-13)20(28)23-21(29)25-24-19(27)11-10-18(26)22-17-9-6-14(2)12-15(17)3/h4-9,12H,10-11H2,1-3H3,(H,22,26)(H,24,27)(H2,23,25,28,29). The van der Waals surface area contributed by atoms with E-state index in [1.165, 1.54) is 0 Å². The topological polar surface area (TPSA) is 99.3 Å². The van der Waals surface area contributed by atoms with Crippen molar-refractivity contribution < 1.29 is 14.4 Å². The van der Waals surface area contributed by atoms with Crippen LogP contribution in [0.2, 0.25) is 0 Å². The van der Waals surface area contributed by atoms with Crippen LogP contribution in [0.3, 0.4) is 0 Å². The number of benzene rings is 2. The van der Waals surface area contributed by atoms with Crippen LogP contribution in [0.4, 0.5) is 5.69 Å². The van der Waals surface area contributed by atoms with Crippen molar-refractivity contribution in [2.75, 3.05) is 5.32 Å². The maximum Gasteiger partial charge on any atom is 0.257 e. The van der Waals surface area contributed by atoms with Crippen molar-refractivity contribution in [2.24, 2.45) is 0 Å². The van der Waals surface area contributed by atoms with Gasteiger partial charge in [-0.3, -0.25) is 30.6 Å². The summed E-state index contributed by atoms with van der Waals surface area (Å²) in [7, 11) is 0. The molecule has 7 nitrogen and oxygen atoms in total. The summed E-state index contributed by atoms with van der Waals surface area (Å²) >= 11 is 4.98. The van der Waals surface area contributed by atoms with E-state index in [-0.39, 0.29) is 29.8 Å². The smallest absolute Gasteiger partial charge is 0.257 e. The van der Waals surface area contributed by atoms with E-state index in [0.717, 1.165) is 22.4 Å². The van der Waals surface area contributed by atoms with E-state index in [2.05, 4.69) is 21.5 Å². The Hall–Kier alpha value is -3.26.